The maximum atomic E-state index is 13.1. The molecule has 0 N–H and O–H groups in total. The van der Waals surface area contributed by atoms with Crippen molar-refractivity contribution >= 4 is 25.4 Å². The van der Waals surface area contributed by atoms with E-state index in [9.17, 15) is 17.0 Å². The minimum Gasteiger partial charge on any atom is -0.303 e. The first-order chi connectivity index (χ1) is 17.6. The lowest BCUT2D eigenvalue weighted by Gasteiger charge is -2.38. The van der Waals surface area contributed by atoms with Crippen molar-refractivity contribution in [3.8, 4) is 0 Å². The van der Waals surface area contributed by atoms with Crippen molar-refractivity contribution in [3.05, 3.63) is 66.0 Å². The number of likely N-dealkylation sites (tertiary alicyclic amines) is 1. The Labute approximate surface area is 223 Å². The number of hydrogen-bond donors (Lipinski definition) is 0. The first-order valence-corrected chi connectivity index (χ1v) is 17.2. The molecule has 0 spiro atoms. The Kier molecular flexibility index (Phi) is 9.48. The Morgan fingerprint density at radius 2 is 1.54 bits per heavy atom. The summed E-state index contributed by atoms with van der Waals surface area (Å²) in [5.41, 5.74) is 1.40. The van der Waals surface area contributed by atoms with Gasteiger partial charge in [0, 0.05) is 29.1 Å². The number of rotatable bonds is 10. The van der Waals surface area contributed by atoms with Gasteiger partial charge in [0.25, 0.3) is 0 Å². The maximum Gasteiger partial charge on any atom is 0.178 e. The van der Waals surface area contributed by atoms with Gasteiger partial charge in [-0.15, -0.1) is 0 Å². The van der Waals surface area contributed by atoms with E-state index in [0.717, 1.165) is 64.8 Å². The molecule has 2 heterocycles. The summed E-state index contributed by atoms with van der Waals surface area (Å²) < 4.78 is 52.9. The monoisotopic (exact) mass is 548 g/mol. The van der Waals surface area contributed by atoms with Crippen LogP contribution < -0.4 is 0 Å². The van der Waals surface area contributed by atoms with Gasteiger partial charge >= 0.3 is 0 Å². The van der Waals surface area contributed by atoms with Crippen LogP contribution >= 0.6 is 0 Å². The van der Waals surface area contributed by atoms with E-state index in [1.807, 2.05) is 4.31 Å². The Balaban J connectivity index is 1.27. The second-order valence-corrected chi connectivity index (χ2v) is 15.4. The fourth-order valence-corrected chi connectivity index (χ4v) is 8.35. The molecule has 0 aliphatic carbocycles. The number of nitrogens with zero attached hydrogens (tertiary/aromatic N) is 2. The molecule has 8 heteroatoms. The van der Waals surface area contributed by atoms with Crippen LogP contribution in [0, 0.1) is 17.7 Å². The molecule has 2 fully saturated rings. The molecule has 0 amide bonds. The molecular formula is C29H41FN2O3S2. The average molecular weight is 549 g/mol. The molecule has 4 rings (SSSR count). The number of sulfone groups is 1. The van der Waals surface area contributed by atoms with Crippen molar-refractivity contribution in [2.24, 2.45) is 11.8 Å². The van der Waals surface area contributed by atoms with Gasteiger partial charge in [0.1, 0.15) is 5.82 Å². The van der Waals surface area contributed by atoms with Gasteiger partial charge in [0.05, 0.1) is 10.6 Å². The quantitative estimate of drug-likeness (QED) is 0.315. The Hall–Kier alpha value is -1.74. The lowest BCUT2D eigenvalue weighted by molar-refractivity contribution is 0.165. The van der Waals surface area contributed by atoms with Crippen molar-refractivity contribution in [2.45, 2.75) is 49.3 Å². The van der Waals surface area contributed by atoms with Crippen molar-refractivity contribution < 1.29 is 17.0 Å². The highest BCUT2D eigenvalue weighted by Crippen LogP contribution is 2.36. The standard InChI is InChI=1S/C29H41FN2O3S2/c1-36(2,33)32-21-14-26(15-22-32)29(25-6-4-3-5-7-25)16-20-31-18-12-24(13-19-31)17-23-37(34,35)28-10-8-27(30)9-11-28/h3-11,24,26,29H,1,12-23H2,2H3. The van der Waals surface area contributed by atoms with Crippen molar-refractivity contribution in [1.29, 1.82) is 0 Å². The smallest absolute Gasteiger partial charge is 0.178 e. The lowest BCUT2D eigenvalue weighted by atomic mass is 9.78. The van der Waals surface area contributed by atoms with E-state index in [0.29, 0.717) is 24.2 Å². The van der Waals surface area contributed by atoms with Gasteiger partial charge < -0.3 is 4.90 Å². The second-order valence-electron chi connectivity index (χ2n) is 10.9. The highest BCUT2D eigenvalue weighted by molar-refractivity contribution is 7.97. The van der Waals surface area contributed by atoms with Gasteiger partial charge in [0.2, 0.25) is 0 Å². The van der Waals surface area contributed by atoms with Crippen LogP contribution in [0.5, 0.6) is 0 Å². The van der Waals surface area contributed by atoms with Crippen LogP contribution in [0.4, 0.5) is 4.39 Å². The average Bonchev–Trinajstić information content (AvgIpc) is 2.89. The molecule has 2 aliphatic heterocycles. The van der Waals surface area contributed by atoms with Gasteiger partial charge in [-0.2, -0.15) is 0 Å². The fourth-order valence-electron chi connectivity index (χ4n) is 5.94. The number of piperidine rings is 2. The molecule has 2 saturated heterocycles. The van der Waals surface area contributed by atoms with Crippen LogP contribution in [0.15, 0.2) is 59.5 Å². The van der Waals surface area contributed by atoms with Crippen molar-refractivity contribution in [2.75, 3.05) is 44.7 Å². The van der Waals surface area contributed by atoms with Crippen molar-refractivity contribution in [1.82, 2.24) is 9.21 Å². The van der Waals surface area contributed by atoms with Crippen LogP contribution in [0.25, 0.3) is 0 Å². The van der Waals surface area contributed by atoms with E-state index in [-0.39, 0.29) is 10.6 Å². The second kappa shape index (κ2) is 12.4. The Bertz CT molecular complexity index is 1200. The predicted molar refractivity (Wildman–Crippen MR) is 152 cm³/mol. The summed E-state index contributed by atoms with van der Waals surface area (Å²) in [6, 6.07) is 15.9. The molecule has 204 valence electrons. The summed E-state index contributed by atoms with van der Waals surface area (Å²) in [5, 5.41) is 0. The summed E-state index contributed by atoms with van der Waals surface area (Å²) >= 11 is 0. The van der Waals surface area contributed by atoms with E-state index < -0.39 is 25.4 Å². The molecule has 5 nitrogen and oxygen atoms in total. The van der Waals surface area contributed by atoms with Crippen LogP contribution in [0.2, 0.25) is 0 Å². The fraction of sp³-hybridized carbons (Fsp3) is 0.552. The first-order valence-electron chi connectivity index (χ1n) is 13.4. The molecule has 2 aromatic rings. The van der Waals surface area contributed by atoms with E-state index in [1.165, 1.54) is 29.8 Å². The van der Waals surface area contributed by atoms with Gasteiger partial charge in [-0.05, 0) is 112 Å². The van der Waals surface area contributed by atoms with E-state index in [2.05, 4.69) is 41.1 Å². The van der Waals surface area contributed by atoms with Crippen LogP contribution in [0.1, 0.15) is 50.0 Å². The Morgan fingerprint density at radius 1 is 0.919 bits per heavy atom. The third-order valence-corrected chi connectivity index (χ3v) is 11.5. The highest BCUT2D eigenvalue weighted by atomic mass is 32.2. The zero-order valence-electron chi connectivity index (χ0n) is 21.9. The van der Waals surface area contributed by atoms with Gasteiger partial charge in [-0.3, -0.25) is 4.21 Å². The third kappa shape index (κ3) is 7.88. The molecule has 2 aromatic carbocycles. The molecule has 2 atom stereocenters. The number of hydrogen-bond acceptors (Lipinski definition) is 4. The molecule has 2 aliphatic rings. The zero-order valence-corrected chi connectivity index (χ0v) is 23.6. The summed E-state index contributed by atoms with van der Waals surface area (Å²) in [5.74, 6) is 5.04. The molecular weight excluding hydrogens is 507 g/mol. The van der Waals surface area contributed by atoms with E-state index in [4.69, 9.17) is 0 Å². The van der Waals surface area contributed by atoms with Gasteiger partial charge in [-0.1, -0.05) is 30.3 Å². The molecule has 0 bridgehead atoms. The first kappa shape index (κ1) is 28.3. The molecule has 37 heavy (non-hydrogen) atoms. The molecule has 0 radical (unpaired) electrons. The van der Waals surface area contributed by atoms with Crippen LogP contribution in [-0.2, 0) is 19.5 Å². The minimum atomic E-state index is -3.37. The zero-order chi connectivity index (χ0) is 26.5. The van der Waals surface area contributed by atoms with Gasteiger partial charge in [0.15, 0.2) is 9.84 Å². The maximum absolute atomic E-state index is 13.1. The number of benzene rings is 2. The normalized spacial score (nSPS) is 21.5. The topological polar surface area (TPSA) is 57.7 Å². The highest BCUT2D eigenvalue weighted by Gasteiger charge is 2.30. The summed E-state index contributed by atoms with van der Waals surface area (Å²) in [7, 11) is -5.51. The van der Waals surface area contributed by atoms with Crippen LogP contribution in [-0.4, -0.2) is 72.4 Å². The minimum absolute atomic E-state index is 0.121. The van der Waals surface area contributed by atoms with Crippen molar-refractivity contribution in [3.63, 3.8) is 0 Å². The molecule has 0 aromatic heterocycles. The van der Waals surface area contributed by atoms with E-state index in [1.54, 1.807) is 6.26 Å². The summed E-state index contributed by atoms with van der Waals surface area (Å²) in [6.07, 6.45) is 7.62. The predicted octanol–water partition coefficient (Wildman–Crippen LogP) is 4.85. The third-order valence-electron chi connectivity index (χ3n) is 8.27. The van der Waals surface area contributed by atoms with E-state index >= 15 is 0 Å². The molecule has 0 saturated carbocycles. The summed E-state index contributed by atoms with van der Waals surface area (Å²) in [6.45, 7) is 4.74. The van der Waals surface area contributed by atoms with Crippen LogP contribution in [0.3, 0.4) is 0 Å². The Morgan fingerprint density at radius 3 is 2.14 bits per heavy atom. The molecule has 2 unspecified atom stereocenters. The number of halogens is 1. The SMILES string of the molecule is C=S(C)(=O)N1CCC(C(CCN2CCC(CCS(=O)(=O)c3ccc(F)cc3)CC2)c2ccccc2)CC1. The largest absolute Gasteiger partial charge is 0.303 e. The summed E-state index contributed by atoms with van der Waals surface area (Å²) in [4.78, 5) is 2.74. The lowest BCUT2D eigenvalue weighted by Crippen LogP contribution is -2.40. The van der Waals surface area contributed by atoms with Gasteiger partial charge in [-0.25, -0.2) is 17.1 Å².